The van der Waals surface area contributed by atoms with Crippen LogP contribution in [0.25, 0.3) is 11.1 Å². The van der Waals surface area contributed by atoms with Crippen LogP contribution in [0, 0.1) is 6.92 Å². The minimum Gasteiger partial charge on any atom is -0.495 e. The van der Waals surface area contributed by atoms with E-state index in [-0.39, 0.29) is 5.96 Å². The molecule has 0 radical (unpaired) electrons. The van der Waals surface area contributed by atoms with Crippen molar-refractivity contribution in [3.8, 4) is 16.9 Å². The van der Waals surface area contributed by atoms with Crippen molar-refractivity contribution in [2.75, 3.05) is 12.0 Å². The molecule has 4 rings (SSSR count). The molecule has 6 heteroatoms. The first kappa shape index (κ1) is 18.3. The predicted molar refractivity (Wildman–Crippen MR) is 115 cm³/mol. The number of ether oxygens (including phenoxy) is 1. The van der Waals surface area contributed by atoms with Crippen LogP contribution < -0.4 is 21.1 Å². The minimum absolute atomic E-state index is 0.257. The van der Waals surface area contributed by atoms with Crippen LogP contribution in [-0.4, -0.2) is 24.7 Å². The van der Waals surface area contributed by atoms with Crippen LogP contribution in [0.4, 0.5) is 5.69 Å². The smallest absolute Gasteiger partial charge is 0.220 e. The Morgan fingerprint density at radius 3 is 2.43 bits per heavy atom. The van der Waals surface area contributed by atoms with Crippen molar-refractivity contribution in [1.82, 2.24) is 0 Å². The highest BCUT2D eigenvalue weighted by Gasteiger charge is 2.43. The molecule has 2 aromatic rings. The summed E-state index contributed by atoms with van der Waals surface area (Å²) < 4.78 is 5.79. The lowest BCUT2D eigenvalue weighted by Gasteiger charge is -2.46. The Morgan fingerprint density at radius 1 is 1.04 bits per heavy atom. The van der Waals surface area contributed by atoms with Gasteiger partial charge in [-0.15, -0.1) is 0 Å². The van der Waals surface area contributed by atoms with Crippen LogP contribution in [-0.2, 0) is 0 Å². The van der Waals surface area contributed by atoms with Crippen molar-refractivity contribution in [2.45, 2.75) is 44.7 Å². The number of nitrogens with zero attached hydrogens (tertiary/aromatic N) is 3. The van der Waals surface area contributed by atoms with Crippen molar-refractivity contribution in [1.29, 1.82) is 0 Å². The van der Waals surface area contributed by atoms with Crippen molar-refractivity contribution < 1.29 is 4.74 Å². The van der Waals surface area contributed by atoms with E-state index >= 15 is 0 Å². The quantitative estimate of drug-likeness (QED) is 0.852. The fourth-order valence-corrected chi connectivity index (χ4v) is 4.41. The average molecular weight is 377 g/mol. The molecule has 0 saturated heterocycles. The lowest BCUT2D eigenvalue weighted by atomic mass is 9.87. The van der Waals surface area contributed by atoms with Crippen LogP contribution in [0.15, 0.2) is 52.4 Å². The van der Waals surface area contributed by atoms with E-state index in [0.29, 0.717) is 5.96 Å². The molecule has 28 heavy (non-hydrogen) atoms. The number of guanidine groups is 2. The molecule has 1 aliphatic carbocycles. The zero-order chi connectivity index (χ0) is 19.7. The van der Waals surface area contributed by atoms with Gasteiger partial charge in [-0.1, -0.05) is 36.8 Å². The van der Waals surface area contributed by atoms with Crippen LogP contribution in [0.3, 0.4) is 0 Å². The highest BCUT2D eigenvalue weighted by Crippen LogP contribution is 2.44. The third-order valence-electron chi connectivity index (χ3n) is 5.70. The number of anilines is 1. The number of hydrogen-bond acceptors (Lipinski definition) is 6. The molecule has 1 spiro atoms. The summed E-state index contributed by atoms with van der Waals surface area (Å²) in [5.41, 5.74) is 16.2. The lowest BCUT2D eigenvalue weighted by molar-refractivity contribution is 0.303. The minimum atomic E-state index is -0.484. The summed E-state index contributed by atoms with van der Waals surface area (Å²) in [7, 11) is 1.69. The second-order valence-electron chi connectivity index (χ2n) is 7.52. The van der Waals surface area contributed by atoms with E-state index in [1.54, 1.807) is 7.11 Å². The van der Waals surface area contributed by atoms with E-state index in [2.05, 4.69) is 36.2 Å². The lowest BCUT2D eigenvalue weighted by Crippen LogP contribution is -2.58. The van der Waals surface area contributed by atoms with E-state index in [0.717, 1.165) is 53.8 Å². The maximum Gasteiger partial charge on any atom is 0.220 e. The van der Waals surface area contributed by atoms with E-state index in [1.165, 1.54) is 6.42 Å². The number of benzene rings is 2. The van der Waals surface area contributed by atoms with Gasteiger partial charge in [-0.05, 0) is 61.4 Å². The molecule has 1 saturated carbocycles. The zero-order valence-electron chi connectivity index (χ0n) is 16.5. The van der Waals surface area contributed by atoms with E-state index in [9.17, 15) is 0 Å². The van der Waals surface area contributed by atoms with Gasteiger partial charge in [-0.2, -0.15) is 4.99 Å². The van der Waals surface area contributed by atoms with Crippen molar-refractivity contribution in [2.24, 2.45) is 21.5 Å². The SMILES string of the molecule is COc1cc(-c2ccccc2)c(C)cc1N1C(N)=NC(N)=NC12CCCCC2. The van der Waals surface area contributed by atoms with Crippen LogP contribution in [0.5, 0.6) is 5.75 Å². The number of rotatable bonds is 3. The van der Waals surface area contributed by atoms with Crippen molar-refractivity contribution >= 4 is 17.6 Å². The van der Waals surface area contributed by atoms with Gasteiger partial charge in [0.15, 0.2) is 0 Å². The summed E-state index contributed by atoms with van der Waals surface area (Å²) in [6.07, 6.45) is 5.16. The Bertz CT molecular complexity index is 929. The summed E-state index contributed by atoms with van der Waals surface area (Å²) in [4.78, 5) is 11.1. The molecule has 2 aliphatic rings. The highest BCUT2D eigenvalue weighted by molar-refractivity contribution is 6.06. The Kier molecular flexibility index (Phi) is 4.71. The number of aryl methyl sites for hydroxylation is 1. The van der Waals surface area contributed by atoms with Gasteiger partial charge in [0.25, 0.3) is 0 Å². The molecule has 4 N–H and O–H groups in total. The summed E-state index contributed by atoms with van der Waals surface area (Å²) in [5.74, 6) is 1.38. The summed E-state index contributed by atoms with van der Waals surface area (Å²) in [6, 6.07) is 14.5. The third kappa shape index (κ3) is 3.09. The second kappa shape index (κ2) is 7.19. The number of hydrogen-bond donors (Lipinski definition) is 2. The van der Waals surface area contributed by atoms with E-state index in [4.69, 9.17) is 21.2 Å². The van der Waals surface area contributed by atoms with Gasteiger partial charge in [0.2, 0.25) is 11.9 Å². The number of aliphatic imine (C=N–C) groups is 2. The van der Waals surface area contributed by atoms with Crippen molar-refractivity contribution in [3.05, 3.63) is 48.0 Å². The van der Waals surface area contributed by atoms with Gasteiger partial charge in [-0.3, -0.25) is 4.90 Å². The van der Waals surface area contributed by atoms with Crippen LogP contribution in [0.2, 0.25) is 0 Å². The Labute approximate surface area is 165 Å². The molecule has 146 valence electrons. The molecule has 0 amide bonds. The molecule has 1 fully saturated rings. The second-order valence-corrected chi connectivity index (χ2v) is 7.52. The zero-order valence-corrected chi connectivity index (χ0v) is 16.5. The van der Waals surface area contributed by atoms with E-state index in [1.807, 2.05) is 23.1 Å². The number of methoxy groups -OCH3 is 1. The maximum absolute atomic E-state index is 6.39. The van der Waals surface area contributed by atoms with Crippen LogP contribution in [0.1, 0.15) is 37.7 Å². The highest BCUT2D eigenvalue weighted by atomic mass is 16.5. The summed E-state index contributed by atoms with van der Waals surface area (Å²) in [6.45, 7) is 2.10. The number of nitrogens with two attached hydrogens (primary N) is 2. The Hall–Kier alpha value is -3.02. The molecule has 0 unspecified atom stereocenters. The molecule has 6 nitrogen and oxygen atoms in total. The fraction of sp³-hybridized carbons (Fsp3) is 0.364. The third-order valence-corrected chi connectivity index (χ3v) is 5.70. The fourth-order valence-electron chi connectivity index (χ4n) is 4.41. The van der Waals surface area contributed by atoms with Gasteiger partial charge in [0, 0.05) is 0 Å². The first-order valence-corrected chi connectivity index (χ1v) is 9.78. The van der Waals surface area contributed by atoms with Gasteiger partial charge >= 0.3 is 0 Å². The molecule has 0 atom stereocenters. The first-order valence-electron chi connectivity index (χ1n) is 9.78. The molecule has 1 heterocycles. The Morgan fingerprint density at radius 2 is 1.75 bits per heavy atom. The molecule has 0 bridgehead atoms. The van der Waals surface area contributed by atoms with E-state index < -0.39 is 5.66 Å². The topological polar surface area (TPSA) is 89.2 Å². The maximum atomic E-state index is 6.39. The predicted octanol–water partition coefficient (Wildman–Crippen LogP) is 3.78. The van der Waals surface area contributed by atoms with Gasteiger partial charge in [0.1, 0.15) is 11.4 Å². The van der Waals surface area contributed by atoms with Crippen molar-refractivity contribution in [3.63, 3.8) is 0 Å². The monoisotopic (exact) mass is 377 g/mol. The van der Waals surface area contributed by atoms with Gasteiger partial charge in [0.05, 0.1) is 12.8 Å². The molecular weight excluding hydrogens is 350 g/mol. The molecule has 0 aromatic heterocycles. The summed E-state index contributed by atoms with van der Waals surface area (Å²) >= 11 is 0. The first-order chi connectivity index (χ1) is 13.5. The standard InChI is InChI=1S/C22H27N5O/c1-15-13-18(19(28-2)14-17(15)16-9-5-3-6-10-16)27-21(24)25-20(23)26-22(27)11-7-4-8-12-22/h3,5-6,9-10,13-14H,4,7-8,11-12H2,1-2H3,(H4,23,24,25,26). The molecule has 2 aromatic carbocycles. The van der Waals surface area contributed by atoms with Gasteiger partial charge < -0.3 is 16.2 Å². The Balaban J connectivity index is 1.85. The largest absolute Gasteiger partial charge is 0.495 e. The van der Waals surface area contributed by atoms with Gasteiger partial charge in [-0.25, -0.2) is 4.99 Å². The molecule has 1 aliphatic heterocycles. The normalized spacial score (nSPS) is 18.6. The van der Waals surface area contributed by atoms with Crippen LogP contribution >= 0.6 is 0 Å². The average Bonchev–Trinajstić information content (AvgIpc) is 2.69. The molecular formula is C22H27N5O. The summed E-state index contributed by atoms with van der Waals surface area (Å²) in [5, 5.41) is 0.